The van der Waals surface area contributed by atoms with E-state index in [1.165, 1.54) is 6.07 Å². The number of hydrogen-bond acceptors (Lipinski definition) is 4. The van der Waals surface area contributed by atoms with Crippen molar-refractivity contribution in [2.45, 2.75) is 57.8 Å². The predicted octanol–water partition coefficient (Wildman–Crippen LogP) is 3.82. The van der Waals surface area contributed by atoms with Crippen molar-refractivity contribution in [3.8, 4) is 5.75 Å². The van der Waals surface area contributed by atoms with E-state index in [0.717, 1.165) is 44.5 Å². The first kappa shape index (κ1) is 19.9. The summed E-state index contributed by atoms with van der Waals surface area (Å²) in [6.45, 7) is 8.74. The van der Waals surface area contributed by atoms with Crippen LogP contribution in [0.2, 0.25) is 0 Å². The molecule has 3 rings (SSSR count). The minimum absolute atomic E-state index is 0.00512. The first-order valence-corrected chi connectivity index (χ1v) is 9.55. The first-order chi connectivity index (χ1) is 12.7. The van der Waals surface area contributed by atoms with Crippen molar-refractivity contribution in [3.05, 3.63) is 29.8 Å². The Morgan fingerprint density at radius 2 is 1.78 bits per heavy atom. The normalized spacial score (nSPS) is 22.1. The molecule has 2 heterocycles. The van der Waals surface area contributed by atoms with Gasteiger partial charge in [0, 0.05) is 38.3 Å². The van der Waals surface area contributed by atoms with Crippen LogP contribution in [0.15, 0.2) is 18.2 Å². The van der Waals surface area contributed by atoms with Crippen LogP contribution in [0.5, 0.6) is 5.75 Å². The van der Waals surface area contributed by atoms with E-state index in [1.807, 2.05) is 20.8 Å². The molecule has 0 radical (unpaired) electrons. The van der Waals surface area contributed by atoms with Crippen LogP contribution in [0.1, 0.15) is 40.0 Å². The molecular weight excluding hydrogens is 354 g/mol. The van der Waals surface area contributed by atoms with Crippen molar-refractivity contribution in [1.82, 2.24) is 9.80 Å². The molecule has 0 N–H and O–H groups in total. The quantitative estimate of drug-likeness (QED) is 0.797. The fraction of sp³-hybridized carbons (Fsp3) is 0.650. The minimum Gasteiger partial charge on any atom is -0.490 e. The van der Waals surface area contributed by atoms with Crippen molar-refractivity contribution in [2.24, 2.45) is 0 Å². The Kier molecular flexibility index (Phi) is 5.89. The summed E-state index contributed by atoms with van der Waals surface area (Å²) in [5, 5.41) is 0. The molecule has 27 heavy (non-hydrogen) atoms. The maximum atomic E-state index is 13.3. The lowest BCUT2D eigenvalue weighted by Crippen LogP contribution is -2.46. The second-order valence-corrected chi connectivity index (χ2v) is 8.30. The van der Waals surface area contributed by atoms with Gasteiger partial charge in [-0.15, -0.1) is 0 Å². The minimum atomic E-state index is -0.891. The number of piperidine rings is 1. The second kappa shape index (κ2) is 8.00. The van der Waals surface area contributed by atoms with E-state index in [9.17, 15) is 13.6 Å². The van der Waals surface area contributed by atoms with Crippen LogP contribution < -0.4 is 4.74 Å². The highest BCUT2D eigenvalue weighted by Crippen LogP contribution is 2.25. The van der Waals surface area contributed by atoms with Gasteiger partial charge in [0.2, 0.25) is 0 Å². The molecule has 7 heteroatoms. The van der Waals surface area contributed by atoms with Crippen molar-refractivity contribution in [2.75, 3.05) is 26.2 Å². The number of carbonyl (C=O) groups excluding carboxylic acids is 1. The molecule has 5 nitrogen and oxygen atoms in total. The van der Waals surface area contributed by atoms with Crippen LogP contribution in [0, 0.1) is 11.6 Å². The van der Waals surface area contributed by atoms with Crippen LogP contribution in [0.4, 0.5) is 13.6 Å². The summed E-state index contributed by atoms with van der Waals surface area (Å²) in [5.41, 5.74) is -0.481. The summed E-state index contributed by atoms with van der Waals surface area (Å²) in [4.78, 5) is 16.4. The number of carbonyl (C=O) groups is 1. The topological polar surface area (TPSA) is 42.0 Å². The number of ether oxygens (including phenoxy) is 2. The molecule has 0 saturated carbocycles. The van der Waals surface area contributed by atoms with E-state index in [1.54, 1.807) is 4.90 Å². The molecule has 2 aliphatic rings. The summed E-state index contributed by atoms with van der Waals surface area (Å²) in [6, 6.07) is 3.98. The largest absolute Gasteiger partial charge is 0.490 e. The molecule has 1 atom stereocenters. The lowest BCUT2D eigenvalue weighted by molar-refractivity contribution is 0.0264. The Morgan fingerprint density at radius 3 is 2.41 bits per heavy atom. The number of nitrogens with zero attached hydrogens (tertiary/aromatic N) is 2. The van der Waals surface area contributed by atoms with Gasteiger partial charge in [-0.05, 0) is 52.2 Å². The van der Waals surface area contributed by atoms with Gasteiger partial charge in [-0.3, -0.25) is 4.90 Å². The highest BCUT2D eigenvalue weighted by Gasteiger charge is 2.34. The van der Waals surface area contributed by atoms with Gasteiger partial charge in [0.05, 0.1) is 0 Å². The van der Waals surface area contributed by atoms with Crippen molar-refractivity contribution >= 4 is 6.09 Å². The van der Waals surface area contributed by atoms with Crippen LogP contribution in [0.25, 0.3) is 0 Å². The molecule has 2 aliphatic heterocycles. The van der Waals surface area contributed by atoms with Crippen molar-refractivity contribution in [3.63, 3.8) is 0 Å². The van der Waals surface area contributed by atoms with Crippen molar-refractivity contribution in [1.29, 1.82) is 0 Å². The molecular formula is C20H28F2N2O3. The maximum absolute atomic E-state index is 13.3. The highest BCUT2D eigenvalue weighted by molar-refractivity contribution is 5.68. The number of benzene rings is 1. The molecule has 1 aromatic carbocycles. The lowest BCUT2D eigenvalue weighted by Gasteiger charge is -2.36. The van der Waals surface area contributed by atoms with E-state index in [-0.39, 0.29) is 12.2 Å². The Bertz CT molecular complexity index is 670. The fourth-order valence-electron chi connectivity index (χ4n) is 3.63. The Morgan fingerprint density at radius 1 is 1.07 bits per heavy atom. The molecule has 2 saturated heterocycles. The van der Waals surface area contributed by atoms with Crippen LogP contribution in [-0.4, -0.2) is 59.8 Å². The molecule has 150 valence electrons. The number of rotatable bonds is 3. The SMILES string of the molecule is CC(C)(C)OC(=O)N1CCC(N2CCC(Oc3ccc(F)c(F)c3)CC2)C1. The van der Waals surface area contributed by atoms with Crippen LogP contribution in [0.3, 0.4) is 0 Å². The van der Waals surface area contributed by atoms with Crippen molar-refractivity contribution < 1.29 is 23.0 Å². The average Bonchev–Trinajstić information content (AvgIpc) is 3.08. The summed E-state index contributed by atoms with van der Waals surface area (Å²) < 4.78 is 37.6. The molecule has 1 aromatic rings. The Balaban J connectivity index is 1.45. The molecule has 0 aliphatic carbocycles. The van der Waals surface area contributed by atoms with Gasteiger partial charge in [0.25, 0.3) is 0 Å². The number of hydrogen-bond donors (Lipinski definition) is 0. The standard InChI is InChI=1S/C20H28F2N2O3/c1-20(2,3)27-19(25)24-9-6-14(13-24)23-10-7-15(8-11-23)26-16-4-5-17(21)18(22)12-16/h4-5,12,14-15H,6-11,13H2,1-3H3. The highest BCUT2D eigenvalue weighted by atomic mass is 19.2. The zero-order chi connectivity index (χ0) is 19.6. The van der Waals surface area contributed by atoms with Gasteiger partial charge >= 0.3 is 6.09 Å². The summed E-state index contributed by atoms with van der Waals surface area (Å²) in [5.74, 6) is -1.39. The molecule has 1 amide bonds. The maximum Gasteiger partial charge on any atom is 0.410 e. The van der Waals surface area contributed by atoms with Gasteiger partial charge in [-0.2, -0.15) is 0 Å². The summed E-state index contributed by atoms with van der Waals surface area (Å²) in [7, 11) is 0. The van der Waals surface area contributed by atoms with E-state index < -0.39 is 17.2 Å². The Labute approximate surface area is 159 Å². The zero-order valence-corrected chi connectivity index (χ0v) is 16.2. The number of amides is 1. The van der Waals surface area contributed by atoms with Crippen LogP contribution >= 0.6 is 0 Å². The smallest absolute Gasteiger partial charge is 0.410 e. The van der Waals surface area contributed by atoms with Gasteiger partial charge < -0.3 is 14.4 Å². The van der Waals surface area contributed by atoms with Gasteiger partial charge in [0.15, 0.2) is 11.6 Å². The summed E-state index contributed by atoms with van der Waals surface area (Å²) >= 11 is 0. The predicted molar refractivity (Wildman–Crippen MR) is 97.8 cm³/mol. The third kappa shape index (κ3) is 5.31. The van der Waals surface area contributed by atoms with E-state index in [2.05, 4.69) is 4.90 Å². The monoisotopic (exact) mass is 382 g/mol. The molecule has 0 aromatic heterocycles. The second-order valence-electron chi connectivity index (χ2n) is 8.30. The zero-order valence-electron chi connectivity index (χ0n) is 16.2. The first-order valence-electron chi connectivity index (χ1n) is 9.55. The Hall–Kier alpha value is -1.89. The number of halogens is 2. The average molecular weight is 382 g/mol. The fourth-order valence-corrected chi connectivity index (χ4v) is 3.63. The van der Waals surface area contributed by atoms with Gasteiger partial charge in [-0.25, -0.2) is 13.6 Å². The van der Waals surface area contributed by atoms with Crippen LogP contribution in [-0.2, 0) is 4.74 Å². The van der Waals surface area contributed by atoms with E-state index >= 15 is 0 Å². The van der Waals surface area contributed by atoms with Gasteiger partial charge in [0.1, 0.15) is 17.5 Å². The van der Waals surface area contributed by atoms with E-state index in [0.29, 0.717) is 24.9 Å². The third-order valence-corrected chi connectivity index (χ3v) is 5.00. The van der Waals surface area contributed by atoms with E-state index in [4.69, 9.17) is 9.47 Å². The van der Waals surface area contributed by atoms with Gasteiger partial charge in [-0.1, -0.05) is 0 Å². The summed E-state index contributed by atoms with van der Waals surface area (Å²) in [6.07, 6.45) is 2.33. The lowest BCUT2D eigenvalue weighted by atomic mass is 10.0. The molecule has 1 unspecified atom stereocenters. The molecule has 0 spiro atoms. The third-order valence-electron chi connectivity index (χ3n) is 5.00. The molecule has 0 bridgehead atoms. The number of likely N-dealkylation sites (tertiary alicyclic amines) is 2. The molecule has 2 fully saturated rings.